The van der Waals surface area contributed by atoms with E-state index in [0.29, 0.717) is 25.4 Å². The fourth-order valence-corrected chi connectivity index (χ4v) is 8.29. The first-order valence-electron chi connectivity index (χ1n) is 9.61. The van der Waals surface area contributed by atoms with Crippen molar-refractivity contribution in [3.8, 4) is 0 Å². The predicted molar refractivity (Wildman–Crippen MR) is 90.6 cm³/mol. The van der Waals surface area contributed by atoms with Gasteiger partial charge in [0.1, 0.15) is 6.10 Å². The van der Waals surface area contributed by atoms with Crippen LogP contribution in [-0.4, -0.2) is 57.6 Å². The Morgan fingerprint density at radius 3 is 2.36 bits per heavy atom. The molecule has 140 valence electrons. The molecule has 5 heteroatoms. The Balaban J connectivity index is 1.82. The summed E-state index contributed by atoms with van der Waals surface area (Å²) < 4.78 is 5.79. The highest BCUT2D eigenvalue weighted by molar-refractivity contribution is 5.48. The van der Waals surface area contributed by atoms with Gasteiger partial charge in [-0.25, -0.2) is 0 Å². The molecule has 0 amide bonds. The minimum Gasteiger partial charge on any atom is -0.392 e. The first-order chi connectivity index (χ1) is 11.6. The highest BCUT2D eigenvalue weighted by Gasteiger charge is 2.86. The third-order valence-corrected chi connectivity index (χ3v) is 9.77. The van der Waals surface area contributed by atoms with Crippen molar-refractivity contribution in [1.82, 2.24) is 0 Å². The summed E-state index contributed by atoms with van der Waals surface area (Å²) in [5.74, 6) is 0.291. The van der Waals surface area contributed by atoms with Crippen LogP contribution < -0.4 is 0 Å². The zero-order chi connectivity index (χ0) is 18.2. The van der Waals surface area contributed by atoms with Crippen molar-refractivity contribution < 1.29 is 25.2 Å². The van der Waals surface area contributed by atoms with E-state index in [-0.39, 0.29) is 22.3 Å². The smallest absolute Gasteiger partial charge is 0.102 e. The molecule has 1 heterocycles. The standard InChI is InChI=1S/C20H30O5/c1-9-11(21)6-17(2)8-20-10-7-25-12(10)5-13(22)18(20,3)16(24)15(23)14(9)19(17,20)4/h10-13,15-16,21-24H,5-8H2,1-4H3/t10-,11+,12-,13+,15-,16-,17+,18+,19+,20?/m1/s1. The number of fused-ring (bicyclic) bond motifs is 1. The normalized spacial score (nSPS) is 65.3. The Bertz CT molecular complexity index is 690. The number of aliphatic hydroxyl groups is 4. The first-order valence-corrected chi connectivity index (χ1v) is 9.61. The molecular weight excluding hydrogens is 320 g/mol. The molecule has 5 nitrogen and oxygen atoms in total. The molecule has 0 aromatic heterocycles. The summed E-state index contributed by atoms with van der Waals surface area (Å²) in [5.41, 5.74) is 0.0860. The van der Waals surface area contributed by atoms with Gasteiger partial charge < -0.3 is 25.2 Å². The SMILES string of the molecule is CC1=C2[C@@H](O)[C@@H](O)[C@]3(C)[C@@H](O)C[C@H]4OC[C@H]4C34C[C@](C)(C[C@@H]1O)[C@]24C. The molecule has 1 spiro atoms. The van der Waals surface area contributed by atoms with Crippen LogP contribution in [0.2, 0.25) is 0 Å². The van der Waals surface area contributed by atoms with E-state index in [1.165, 1.54) is 0 Å². The van der Waals surface area contributed by atoms with Crippen molar-refractivity contribution in [2.75, 3.05) is 6.61 Å². The summed E-state index contributed by atoms with van der Waals surface area (Å²) in [4.78, 5) is 0. The zero-order valence-electron chi connectivity index (χ0n) is 15.5. The monoisotopic (exact) mass is 350 g/mol. The summed E-state index contributed by atoms with van der Waals surface area (Å²) in [6.45, 7) is 8.94. The number of ether oxygens (including phenoxy) is 1. The van der Waals surface area contributed by atoms with Gasteiger partial charge >= 0.3 is 0 Å². The van der Waals surface area contributed by atoms with Crippen LogP contribution in [-0.2, 0) is 4.74 Å². The minimum atomic E-state index is -1.04. The van der Waals surface area contributed by atoms with E-state index in [2.05, 4.69) is 13.8 Å². The number of hydrogen-bond donors (Lipinski definition) is 4. The number of hydrogen-bond acceptors (Lipinski definition) is 5. The van der Waals surface area contributed by atoms with E-state index in [0.717, 1.165) is 17.6 Å². The lowest BCUT2D eigenvalue weighted by molar-refractivity contribution is -0.405. The van der Waals surface area contributed by atoms with Gasteiger partial charge in [-0.2, -0.15) is 0 Å². The van der Waals surface area contributed by atoms with Crippen molar-refractivity contribution in [3.63, 3.8) is 0 Å². The molecule has 0 aromatic rings. The van der Waals surface area contributed by atoms with E-state index >= 15 is 0 Å². The molecule has 25 heavy (non-hydrogen) atoms. The quantitative estimate of drug-likeness (QED) is 0.489. The highest BCUT2D eigenvalue weighted by atomic mass is 16.5. The Morgan fingerprint density at radius 1 is 1.08 bits per heavy atom. The van der Waals surface area contributed by atoms with Crippen molar-refractivity contribution in [1.29, 1.82) is 0 Å². The van der Waals surface area contributed by atoms with Crippen LogP contribution in [0.1, 0.15) is 47.0 Å². The maximum Gasteiger partial charge on any atom is 0.102 e. The Labute approximate surface area is 148 Å². The second kappa shape index (κ2) is 4.33. The Morgan fingerprint density at radius 2 is 1.76 bits per heavy atom. The van der Waals surface area contributed by atoms with Crippen LogP contribution in [0, 0.1) is 27.6 Å². The molecule has 0 bridgehead atoms. The lowest BCUT2D eigenvalue weighted by atomic mass is 9.20. The average molecular weight is 350 g/mol. The van der Waals surface area contributed by atoms with Crippen LogP contribution in [0.4, 0.5) is 0 Å². The lowest BCUT2D eigenvalue weighted by Crippen LogP contribution is -2.86. The third kappa shape index (κ3) is 1.33. The Hall–Kier alpha value is -0.460. The van der Waals surface area contributed by atoms with E-state index in [1.807, 2.05) is 13.8 Å². The average Bonchev–Trinajstić information content (AvgIpc) is 2.52. The molecular formula is C20H30O5. The molecule has 5 rings (SSSR count). The summed E-state index contributed by atoms with van der Waals surface area (Å²) in [6.07, 6.45) is -1.24. The number of rotatable bonds is 0. The van der Waals surface area contributed by atoms with Crippen molar-refractivity contribution in [3.05, 3.63) is 11.1 Å². The third-order valence-electron chi connectivity index (χ3n) is 9.77. The van der Waals surface area contributed by atoms with Gasteiger partial charge in [-0.15, -0.1) is 0 Å². The highest BCUT2D eigenvalue weighted by Crippen LogP contribution is 2.87. The van der Waals surface area contributed by atoms with E-state index in [4.69, 9.17) is 4.74 Å². The van der Waals surface area contributed by atoms with Crippen LogP contribution in [0.25, 0.3) is 0 Å². The molecule has 10 atom stereocenters. The van der Waals surface area contributed by atoms with Crippen LogP contribution in [0.3, 0.4) is 0 Å². The minimum absolute atomic E-state index is 0.0419. The van der Waals surface area contributed by atoms with Crippen LogP contribution in [0.15, 0.2) is 11.1 Å². The fourth-order valence-electron chi connectivity index (χ4n) is 8.29. The molecule has 4 aliphatic carbocycles. The van der Waals surface area contributed by atoms with Crippen molar-refractivity contribution in [2.45, 2.75) is 77.5 Å². The van der Waals surface area contributed by atoms with Gasteiger partial charge in [-0.3, -0.25) is 0 Å². The van der Waals surface area contributed by atoms with Gasteiger partial charge in [0.05, 0.1) is 31.0 Å². The maximum atomic E-state index is 11.2. The summed E-state index contributed by atoms with van der Waals surface area (Å²) >= 11 is 0. The van der Waals surface area contributed by atoms with Crippen molar-refractivity contribution in [2.24, 2.45) is 27.6 Å². The van der Waals surface area contributed by atoms with Gasteiger partial charge in [0.2, 0.25) is 0 Å². The van der Waals surface area contributed by atoms with Gasteiger partial charge in [0, 0.05) is 23.2 Å². The van der Waals surface area contributed by atoms with Gasteiger partial charge in [-0.05, 0) is 41.7 Å². The first kappa shape index (κ1) is 16.7. The molecule has 1 unspecified atom stereocenters. The summed E-state index contributed by atoms with van der Waals surface area (Å²) in [7, 11) is 0. The van der Waals surface area contributed by atoms with E-state index < -0.39 is 29.8 Å². The molecule has 4 N–H and O–H groups in total. The van der Waals surface area contributed by atoms with Crippen LogP contribution in [0.5, 0.6) is 0 Å². The zero-order valence-corrected chi connectivity index (χ0v) is 15.5. The van der Waals surface area contributed by atoms with Crippen LogP contribution >= 0.6 is 0 Å². The topological polar surface area (TPSA) is 90.2 Å². The molecule has 1 aliphatic heterocycles. The van der Waals surface area contributed by atoms with E-state index in [9.17, 15) is 20.4 Å². The molecule has 4 fully saturated rings. The van der Waals surface area contributed by atoms with E-state index in [1.54, 1.807) is 0 Å². The van der Waals surface area contributed by atoms with Gasteiger partial charge in [-0.1, -0.05) is 20.8 Å². The number of aliphatic hydroxyl groups excluding tert-OH is 4. The maximum absolute atomic E-state index is 11.2. The largest absolute Gasteiger partial charge is 0.392 e. The lowest BCUT2D eigenvalue weighted by Gasteiger charge is -2.85. The van der Waals surface area contributed by atoms with Crippen molar-refractivity contribution >= 4 is 0 Å². The summed E-state index contributed by atoms with van der Waals surface area (Å²) in [6, 6.07) is 0. The predicted octanol–water partition coefficient (Wildman–Crippen LogP) is 0.991. The van der Waals surface area contributed by atoms with Gasteiger partial charge in [0.15, 0.2) is 0 Å². The fraction of sp³-hybridized carbons (Fsp3) is 0.900. The molecule has 0 radical (unpaired) electrons. The summed E-state index contributed by atoms with van der Waals surface area (Å²) in [5, 5.41) is 44.0. The van der Waals surface area contributed by atoms with Gasteiger partial charge in [0.25, 0.3) is 0 Å². The molecule has 1 saturated heterocycles. The Kier molecular flexibility index (Phi) is 2.89. The molecule has 3 saturated carbocycles. The second-order valence-electron chi connectivity index (χ2n) is 10.1. The second-order valence-corrected chi connectivity index (χ2v) is 10.1. The molecule has 5 aliphatic rings. The molecule has 0 aromatic carbocycles.